The highest BCUT2D eigenvalue weighted by atomic mass is 16.2. The lowest BCUT2D eigenvalue weighted by Crippen LogP contribution is -2.34. The number of nitrogens with one attached hydrogen (secondary N) is 1. The largest absolute Gasteiger partial charge is 0.378 e. The van der Waals surface area contributed by atoms with Gasteiger partial charge in [-0.3, -0.25) is 19.3 Å². The molecule has 6 nitrogen and oxygen atoms in total. The quantitative estimate of drug-likeness (QED) is 0.793. The van der Waals surface area contributed by atoms with Gasteiger partial charge in [0.2, 0.25) is 17.7 Å². The van der Waals surface area contributed by atoms with Gasteiger partial charge in [0, 0.05) is 52.1 Å². The van der Waals surface area contributed by atoms with E-state index in [0.29, 0.717) is 6.54 Å². The summed E-state index contributed by atoms with van der Waals surface area (Å²) in [6.45, 7) is 0.609. The van der Waals surface area contributed by atoms with Crippen molar-refractivity contribution in [3.05, 3.63) is 29.8 Å². The van der Waals surface area contributed by atoms with Crippen LogP contribution in [0.1, 0.15) is 24.8 Å². The molecule has 0 aromatic heterocycles. The maximum absolute atomic E-state index is 11.8. The number of benzene rings is 1. The zero-order chi connectivity index (χ0) is 16.1. The minimum absolute atomic E-state index is 0.146. The van der Waals surface area contributed by atoms with Gasteiger partial charge in [0.1, 0.15) is 0 Å². The van der Waals surface area contributed by atoms with Crippen LogP contribution in [0.2, 0.25) is 0 Å². The molecule has 0 atom stereocenters. The molecule has 3 amide bonds. The van der Waals surface area contributed by atoms with Crippen molar-refractivity contribution in [1.29, 1.82) is 0 Å². The van der Waals surface area contributed by atoms with Crippen LogP contribution in [-0.4, -0.2) is 43.3 Å². The van der Waals surface area contributed by atoms with Crippen LogP contribution in [0.25, 0.3) is 0 Å². The Morgan fingerprint density at radius 3 is 2.27 bits per heavy atom. The lowest BCUT2D eigenvalue weighted by molar-refractivity contribution is -0.138. The van der Waals surface area contributed by atoms with Crippen molar-refractivity contribution in [2.24, 2.45) is 0 Å². The smallest absolute Gasteiger partial charge is 0.229 e. The van der Waals surface area contributed by atoms with Crippen molar-refractivity contribution in [2.45, 2.75) is 25.8 Å². The van der Waals surface area contributed by atoms with Gasteiger partial charge in [0.25, 0.3) is 0 Å². The molecule has 1 heterocycles. The molecule has 0 radical (unpaired) electrons. The highest BCUT2D eigenvalue weighted by Crippen LogP contribution is 2.13. The Balaban J connectivity index is 1.75. The van der Waals surface area contributed by atoms with Crippen LogP contribution in [0.15, 0.2) is 24.3 Å². The van der Waals surface area contributed by atoms with Gasteiger partial charge in [0.05, 0.1) is 0 Å². The van der Waals surface area contributed by atoms with Crippen molar-refractivity contribution in [3.8, 4) is 0 Å². The summed E-state index contributed by atoms with van der Waals surface area (Å²) in [5.41, 5.74) is 2.11. The Hall–Kier alpha value is -2.37. The number of carbonyl (C=O) groups excluding carboxylic acids is 3. The molecule has 2 rings (SSSR count). The molecule has 0 unspecified atom stereocenters. The molecule has 6 heteroatoms. The molecular formula is C16H21N3O3. The molecule has 1 aromatic carbocycles. The number of amides is 3. The summed E-state index contributed by atoms with van der Waals surface area (Å²) in [5.74, 6) is -0.529. The topological polar surface area (TPSA) is 69.7 Å². The Kier molecular flexibility index (Phi) is 5.14. The Morgan fingerprint density at radius 2 is 1.73 bits per heavy atom. The number of hydrogen-bond donors (Lipinski definition) is 1. The zero-order valence-electron chi connectivity index (χ0n) is 13.0. The maximum atomic E-state index is 11.8. The fourth-order valence-corrected chi connectivity index (χ4v) is 2.29. The molecule has 22 heavy (non-hydrogen) atoms. The molecule has 0 aliphatic carbocycles. The number of imide groups is 1. The average molecular weight is 303 g/mol. The van der Waals surface area contributed by atoms with Gasteiger partial charge in [-0.1, -0.05) is 12.1 Å². The Labute approximate surface area is 130 Å². The van der Waals surface area contributed by atoms with Gasteiger partial charge in [-0.2, -0.15) is 0 Å². The van der Waals surface area contributed by atoms with Crippen molar-refractivity contribution >= 4 is 23.4 Å². The fourth-order valence-electron chi connectivity index (χ4n) is 2.29. The monoisotopic (exact) mass is 303 g/mol. The summed E-state index contributed by atoms with van der Waals surface area (Å²) in [6.07, 6.45) is 0.671. The summed E-state index contributed by atoms with van der Waals surface area (Å²) in [7, 11) is 3.94. The lowest BCUT2D eigenvalue weighted by Gasteiger charge is -2.14. The average Bonchev–Trinajstić information content (AvgIpc) is 2.82. The maximum Gasteiger partial charge on any atom is 0.229 e. The number of anilines is 1. The van der Waals surface area contributed by atoms with Gasteiger partial charge < -0.3 is 10.2 Å². The van der Waals surface area contributed by atoms with Crippen molar-refractivity contribution in [3.63, 3.8) is 0 Å². The molecular weight excluding hydrogens is 282 g/mol. The van der Waals surface area contributed by atoms with E-state index in [9.17, 15) is 14.4 Å². The van der Waals surface area contributed by atoms with E-state index in [1.165, 1.54) is 4.90 Å². The third-order valence-electron chi connectivity index (χ3n) is 3.66. The van der Waals surface area contributed by atoms with E-state index in [0.717, 1.165) is 11.3 Å². The van der Waals surface area contributed by atoms with Crippen LogP contribution >= 0.6 is 0 Å². The van der Waals surface area contributed by atoms with Gasteiger partial charge in [-0.05, 0) is 17.7 Å². The standard InChI is InChI=1S/C16H21N3O3/c1-18(2)13-5-3-12(4-6-13)11-17-14(20)9-10-19-15(21)7-8-16(19)22/h3-6H,7-11H2,1-2H3,(H,17,20). The first-order valence-electron chi connectivity index (χ1n) is 7.33. The van der Waals surface area contributed by atoms with Crippen molar-refractivity contribution in [1.82, 2.24) is 10.2 Å². The minimum atomic E-state index is -0.183. The molecule has 0 saturated carbocycles. The van der Waals surface area contributed by atoms with Crippen molar-refractivity contribution in [2.75, 3.05) is 25.5 Å². The normalized spacial score (nSPS) is 14.4. The van der Waals surface area contributed by atoms with Gasteiger partial charge in [-0.25, -0.2) is 0 Å². The van der Waals surface area contributed by atoms with E-state index in [-0.39, 0.29) is 43.5 Å². The molecule has 1 fully saturated rings. The highest BCUT2D eigenvalue weighted by molar-refractivity contribution is 6.02. The first kappa shape index (κ1) is 16.0. The molecule has 1 saturated heterocycles. The van der Waals surface area contributed by atoms with E-state index in [1.807, 2.05) is 43.3 Å². The summed E-state index contributed by atoms with van der Waals surface area (Å²) in [6, 6.07) is 7.90. The summed E-state index contributed by atoms with van der Waals surface area (Å²) >= 11 is 0. The highest BCUT2D eigenvalue weighted by Gasteiger charge is 2.28. The fraction of sp³-hybridized carbons (Fsp3) is 0.438. The minimum Gasteiger partial charge on any atom is -0.378 e. The predicted molar refractivity (Wildman–Crippen MR) is 83.2 cm³/mol. The van der Waals surface area contributed by atoms with Crippen LogP contribution in [0, 0.1) is 0 Å². The first-order valence-corrected chi connectivity index (χ1v) is 7.33. The third-order valence-corrected chi connectivity index (χ3v) is 3.66. The van der Waals surface area contributed by atoms with Crippen LogP contribution in [0.3, 0.4) is 0 Å². The zero-order valence-corrected chi connectivity index (χ0v) is 13.0. The molecule has 1 aromatic rings. The number of nitrogens with zero attached hydrogens (tertiary/aromatic N) is 2. The number of likely N-dealkylation sites (tertiary alicyclic amines) is 1. The van der Waals surface area contributed by atoms with Crippen molar-refractivity contribution < 1.29 is 14.4 Å². The number of hydrogen-bond acceptors (Lipinski definition) is 4. The summed E-state index contributed by atoms with van der Waals surface area (Å²) in [4.78, 5) is 37.8. The molecule has 1 aliphatic heterocycles. The van der Waals surface area contributed by atoms with Gasteiger partial charge in [0.15, 0.2) is 0 Å². The molecule has 0 spiro atoms. The second-order valence-corrected chi connectivity index (χ2v) is 5.53. The van der Waals surface area contributed by atoms with Crippen LogP contribution < -0.4 is 10.2 Å². The first-order chi connectivity index (χ1) is 10.5. The van der Waals surface area contributed by atoms with E-state index < -0.39 is 0 Å². The molecule has 1 aliphatic rings. The van der Waals surface area contributed by atoms with Gasteiger partial charge >= 0.3 is 0 Å². The van der Waals surface area contributed by atoms with Gasteiger partial charge in [-0.15, -0.1) is 0 Å². The third kappa shape index (κ3) is 4.07. The number of rotatable bonds is 6. The SMILES string of the molecule is CN(C)c1ccc(CNC(=O)CCN2C(=O)CCC2=O)cc1. The molecule has 1 N–H and O–H groups in total. The van der Waals surface area contributed by atoms with E-state index in [2.05, 4.69) is 5.32 Å². The Bertz CT molecular complexity index is 551. The molecule has 118 valence electrons. The summed E-state index contributed by atoms with van der Waals surface area (Å²) in [5, 5.41) is 2.80. The number of carbonyl (C=O) groups is 3. The lowest BCUT2D eigenvalue weighted by atomic mass is 10.2. The van der Waals surface area contributed by atoms with E-state index in [1.54, 1.807) is 0 Å². The predicted octanol–water partition coefficient (Wildman–Crippen LogP) is 0.908. The molecule has 0 bridgehead atoms. The van der Waals surface area contributed by atoms with Crippen LogP contribution in [0.4, 0.5) is 5.69 Å². The van der Waals surface area contributed by atoms with Crippen LogP contribution in [-0.2, 0) is 20.9 Å². The second-order valence-electron chi connectivity index (χ2n) is 5.53. The van der Waals surface area contributed by atoms with Crippen LogP contribution in [0.5, 0.6) is 0 Å². The second kappa shape index (κ2) is 7.06. The Morgan fingerprint density at radius 1 is 1.14 bits per heavy atom. The van der Waals surface area contributed by atoms with E-state index >= 15 is 0 Å². The summed E-state index contributed by atoms with van der Waals surface area (Å²) < 4.78 is 0. The van der Waals surface area contributed by atoms with E-state index in [4.69, 9.17) is 0 Å².